The van der Waals surface area contributed by atoms with E-state index in [1.54, 1.807) is 13.8 Å². The zero-order valence-corrected chi connectivity index (χ0v) is 10.0. The molecule has 0 radical (unpaired) electrons. The van der Waals surface area contributed by atoms with Crippen molar-refractivity contribution in [1.82, 2.24) is 0 Å². The molecule has 0 saturated carbocycles. The summed E-state index contributed by atoms with van der Waals surface area (Å²) in [7, 11) is 0. The predicted molar refractivity (Wildman–Crippen MR) is 30.3 cm³/mol. The molecule has 9 heavy (non-hydrogen) atoms. The maximum absolute atomic E-state index is 9.88. The Morgan fingerprint density at radius 1 is 1.44 bits per heavy atom. The van der Waals surface area contributed by atoms with Crippen LogP contribution in [-0.2, 0) is 24.0 Å². The zero-order chi connectivity index (χ0) is 6.78. The van der Waals surface area contributed by atoms with Gasteiger partial charge in [-0.3, -0.25) is 0 Å². The molecular weight excluding hydrogens is 212 g/mol. The molecule has 0 bridgehead atoms. The molecule has 0 aromatic heterocycles. The van der Waals surface area contributed by atoms with Gasteiger partial charge in [0.15, 0.2) is 0 Å². The quantitative estimate of drug-likeness (QED) is 0.483. The molecular formula is C3H7O3PSZn. The Balaban J connectivity index is 0. The molecule has 0 atom stereocenters. The molecule has 3 nitrogen and oxygen atoms in total. The summed E-state index contributed by atoms with van der Waals surface area (Å²) in [5.74, 6) is 0. The van der Waals surface area contributed by atoms with Crippen LogP contribution in [0.15, 0.2) is 0 Å². The van der Waals surface area contributed by atoms with Gasteiger partial charge in [0.2, 0.25) is 0 Å². The molecule has 0 N–H and O–H groups in total. The van der Waals surface area contributed by atoms with Gasteiger partial charge in [0, 0.05) is 5.25 Å². The second-order valence-corrected chi connectivity index (χ2v) is 5.62. The van der Waals surface area contributed by atoms with Crippen LogP contribution in [0.25, 0.3) is 0 Å². The molecule has 0 aliphatic rings. The fourth-order valence-electron chi connectivity index (χ4n) is 0.258. The molecule has 0 rings (SSSR count). The average Bonchev–Trinajstić information content (AvgIpc) is 1.21. The zero-order valence-electron chi connectivity index (χ0n) is 5.36. The van der Waals surface area contributed by atoms with E-state index in [0.717, 1.165) is 0 Å². The summed E-state index contributed by atoms with van der Waals surface area (Å²) in [6, 6.07) is 0. The van der Waals surface area contributed by atoms with Gasteiger partial charge in [-0.05, 0) is 6.80 Å². The number of rotatable bonds is 2. The molecule has 50 valence electrons. The van der Waals surface area contributed by atoms with E-state index in [9.17, 15) is 14.4 Å². The van der Waals surface area contributed by atoms with Crippen molar-refractivity contribution < 1.29 is 33.8 Å². The SMILES string of the molecule is CC(C)SP(=O)([O-])[O-].[Zn+2]. The van der Waals surface area contributed by atoms with E-state index >= 15 is 0 Å². The first-order chi connectivity index (χ1) is 3.42. The van der Waals surface area contributed by atoms with Gasteiger partial charge in [0.05, 0.1) is 0 Å². The van der Waals surface area contributed by atoms with Crippen molar-refractivity contribution in [3.63, 3.8) is 0 Å². The molecule has 0 spiro atoms. The summed E-state index contributed by atoms with van der Waals surface area (Å²) < 4.78 is 9.88. The first kappa shape index (κ1) is 12.8. The fraction of sp³-hybridized carbons (Fsp3) is 1.00. The molecule has 0 aliphatic heterocycles. The number of hydrogen-bond acceptors (Lipinski definition) is 4. The Morgan fingerprint density at radius 2 is 1.78 bits per heavy atom. The Labute approximate surface area is 71.3 Å². The molecule has 0 saturated heterocycles. The van der Waals surface area contributed by atoms with Gasteiger partial charge >= 0.3 is 19.5 Å². The third kappa shape index (κ3) is 12.3. The van der Waals surface area contributed by atoms with E-state index in [1.807, 2.05) is 0 Å². The van der Waals surface area contributed by atoms with Gasteiger partial charge < -0.3 is 14.4 Å². The van der Waals surface area contributed by atoms with Crippen LogP contribution in [0.5, 0.6) is 0 Å². The second-order valence-electron chi connectivity index (χ2n) is 1.60. The topological polar surface area (TPSA) is 63.2 Å². The molecule has 0 amide bonds. The van der Waals surface area contributed by atoms with Crippen LogP contribution < -0.4 is 9.79 Å². The van der Waals surface area contributed by atoms with Gasteiger partial charge in [-0.25, -0.2) is 0 Å². The van der Waals surface area contributed by atoms with Crippen molar-refractivity contribution in [2.75, 3.05) is 0 Å². The van der Waals surface area contributed by atoms with E-state index in [2.05, 4.69) is 0 Å². The molecule has 0 heterocycles. The van der Waals surface area contributed by atoms with Crippen molar-refractivity contribution in [3.05, 3.63) is 0 Å². The molecule has 0 aliphatic carbocycles. The summed E-state index contributed by atoms with van der Waals surface area (Å²) >= 11 is 0.456. The normalized spacial score (nSPS) is 11.2. The Morgan fingerprint density at radius 3 is 1.78 bits per heavy atom. The van der Waals surface area contributed by atoms with Gasteiger partial charge in [0.1, 0.15) is 0 Å². The standard InChI is InChI=1S/C3H9O3PS.Zn/c1-3(2)8-7(4,5)6;/h3H,1-2H3,(H2,4,5,6);/q;+2/p-2. The Hall–Kier alpha value is 1.12. The van der Waals surface area contributed by atoms with Crippen LogP contribution in [0, 0.1) is 0 Å². The van der Waals surface area contributed by atoms with Crippen LogP contribution in [-0.4, -0.2) is 5.25 Å². The third-order valence-corrected chi connectivity index (χ3v) is 3.06. The maximum atomic E-state index is 9.88. The predicted octanol–water partition coefficient (Wildman–Crippen LogP) is -0.0458. The number of hydrogen-bond donors (Lipinski definition) is 0. The van der Waals surface area contributed by atoms with Crippen molar-refractivity contribution in [2.45, 2.75) is 19.1 Å². The monoisotopic (exact) mass is 218 g/mol. The summed E-state index contributed by atoms with van der Waals surface area (Å²) in [5, 5.41) is -0.129. The fourth-order valence-corrected chi connectivity index (χ4v) is 2.32. The molecule has 6 heteroatoms. The van der Waals surface area contributed by atoms with Gasteiger partial charge in [-0.15, -0.1) is 11.4 Å². The van der Waals surface area contributed by atoms with Gasteiger partial charge in [-0.2, -0.15) is 0 Å². The van der Waals surface area contributed by atoms with Crippen molar-refractivity contribution in [2.24, 2.45) is 0 Å². The summed E-state index contributed by atoms with van der Waals surface area (Å²) in [6.07, 6.45) is 0. The van der Waals surface area contributed by atoms with E-state index in [0.29, 0.717) is 11.4 Å². The molecule has 0 aromatic rings. The minimum Gasteiger partial charge on any atom is -0.803 e. The van der Waals surface area contributed by atoms with E-state index < -0.39 is 6.80 Å². The van der Waals surface area contributed by atoms with Crippen LogP contribution in [0.3, 0.4) is 0 Å². The Bertz CT molecular complexity index is 112. The van der Waals surface area contributed by atoms with Crippen molar-refractivity contribution >= 4 is 18.2 Å². The van der Waals surface area contributed by atoms with Crippen LogP contribution in [0.4, 0.5) is 0 Å². The van der Waals surface area contributed by atoms with Crippen molar-refractivity contribution in [3.8, 4) is 0 Å². The van der Waals surface area contributed by atoms with Crippen molar-refractivity contribution in [1.29, 1.82) is 0 Å². The van der Waals surface area contributed by atoms with Crippen LogP contribution in [0.2, 0.25) is 0 Å². The summed E-state index contributed by atoms with van der Waals surface area (Å²) in [6.45, 7) is -0.985. The third-order valence-electron chi connectivity index (χ3n) is 0.340. The van der Waals surface area contributed by atoms with Gasteiger partial charge in [0.25, 0.3) is 0 Å². The van der Waals surface area contributed by atoms with Crippen LogP contribution in [0.1, 0.15) is 13.8 Å². The first-order valence-electron chi connectivity index (χ1n) is 2.12. The maximum Gasteiger partial charge on any atom is 2.00 e. The minimum atomic E-state index is -4.31. The molecule has 0 fully saturated rings. The first-order valence-corrected chi connectivity index (χ1v) is 5.15. The summed E-state index contributed by atoms with van der Waals surface area (Å²) in [4.78, 5) is 19.8. The Kier molecular flexibility index (Phi) is 6.90. The molecule has 0 aromatic carbocycles. The van der Waals surface area contributed by atoms with E-state index in [-0.39, 0.29) is 24.7 Å². The smallest absolute Gasteiger partial charge is 0.803 e. The van der Waals surface area contributed by atoms with E-state index in [4.69, 9.17) is 0 Å². The molecule has 0 unspecified atom stereocenters. The second kappa shape index (κ2) is 4.87. The van der Waals surface area contributed by atoms with Gasteiger partial charge in [-0.1, -0.05) is 13.8 Å². The minimum absolute atomic E-state index is 0. The van der Waals surface area contributed by atoms with Crippen LogP contribution >= 0.6 is 18.2 Å². The van der Waals surface area contributed by atoms with E-state index in [1.165, 1.54) is 0 Å². The summed E-state index contributed by atoms with van der Waals surface area (Å²) in [5.41, 5.74) is 0. The largest absolute Gasteiger partial charge is 2.00 e. The average molecular weight is 220 g/mol.